The van der Waals surface area contributed by atoms with Crippen LogP contribution in [0.4, 0.5) is 4.79 Å². The van der Waals surface area contributed by atoms with Crippen molar-refractivity contribution in [3.05, 3.63) is 42.0 Å². The van der Waals surface area contributed by atoms with Crippen LogP contribution in [0.3, 0.4) is 0 Å². The van der Waals surface area contributed by atoms with Gasteiger partial charge in [-0.15, -0.1) is 0 Å². The molecule has 0 saturated carbocycles. The average Bonchev–Trinajstić information content (AvgIpc) is 2.57. The van der Waals surface area contributed by atoms with Crippen molar-refractivity contribution >= 4 is 12.1 Å². The molecule has 0 unspecified atom stereocenters. The number of ether oxygens (including phenoxy) is 3. The number of carbonyl (C=O) groups is 2. The van der Waals surface area contributed by atoms with E-state index in [9.17, 15) is 9.59 Å². The highest BCUT2D eigenvalue weighted by atomic mass is 16.6. The number of benzene rings is 1. The smallest absolute Gasteiger partial charge is 0.410 e. The molecule has 1 aromatic rings. The van der Waals surface area contributed by atoms with Crippen molar-refractivity contribution in [3.63, 3.8) is 0 Å². The molecule has 0 radical (unpaired) electrons. The summed E-state index contributed by atoms with van der Waals surface area (Å²) in [5.41, 5.74) is -0.153. The van der Waals surface area contributed by atoms with Crippen LogP contribution >= 0.6 is 0 Å². The maximum Gasteiger partial charge on any atom is 0.410 e. The van der Waals surface area contributed by atoms with Gasteiger partial charge in [-0.25, -0.2) is 9.59 Å². The molecule has 0 saturated heterocycles. The molecule has 6 heteroatoms. The van der Waals surface area contributed by atoms with Crippen LogP contribution in [0.1, 0.15) is 34.6 Å². The number of rotatable bonds is 8. The summed E-state index contributed by atoms with van der Waals surface area (Å²) in [7, 11) is 0. The van der Waals surface area contributed by atoms with E-state index < -0.39 is 17.7 Å². The minimum Gasteiger partial charge on any atom is -0.492 e. The zero-order chi connectivity index (χ0) is 19.6. The lowest BCUT2D eigenvalue weighted by atomic mass is 10.2. The fourth-order valence-corrected chi connectivity index (χ4v) is 1.95. The summed E-state index contributed by atoms with van der Waals surface area (Å²) in [5.74, 6) is 0.340. The number of nitrogens with zero attached hydrogens (tertiary/aromatic N) is 1. The number of carbonyl (C=O) groups excluding carboxylic acids is 2. The Labute approximate surface area is 155 Å². The summed E-state index contributed by atoms with van der Waals surface area (Å²) in [6, 6.07) is 9.37. The largest absolute Gasteiger partial charge is 0.492 e. The van der Waals surface area contributed by atoms with Gasteiger partial charge >= 0.3 is 12.1 Å². The Kier molecular flexibility index (Phi) is 8.68. The van der Waals surface area contributed by atoms with Crippen LogP contribution in [0.5, 0.6) is 5.75 Å². The van der Waals surface area contributed by atoms with E-state index in [1.54, 1.807) is 19.9 Å². The van der Waals surface area contributed by atoms with Gasteiger partial charge in [-0.1, -0.05) is 24.3 Å². The Balaban J connectivity index is 2.70. The Bertz CT molecular complexity index is 604. The number of amides is 1. The van der Waals surface area contributed by atoms with Crippen molar-refractivity contribution in [1.82, 2.24) is 4.90 Å². The summed E-state index contributed by atoms with van der Waals surface area (Å²) >= 11 is 0. The number of esters is 1. The average molecular weight is 363 g/mol. The standard InChI is InChI=1S/C20H29NO5/c1-6-24-18(22)16(2)12-13-21(19(23)26-20(3,4)5)14-15-25-17-10-8-7-9-11-17/h7-12H,6,13-15H2,1-5H3/b16-12+. The molecule has 0 fully saturated rings. The Morgan fingerprint density at radius 1 is 1.15 bits per heavy atom. The van der Waals surface area contributed by atoms with E-state index >= 15 is 0 Å². The van der Waals surface area contributed by atoms with Gasteiger partial charge in [0.25, 0.3) is 0 Å². The van der Waals surface area contributed by atoms with E-state index in [0.29, 0.717) is 25.3 Å². The van der Waals surface area contributed by atoms with Crippen LogP contribution < -0.4 is 4.74 Å². The van der Waals surface area contributed by atoms with Crippen molar-refractivity contribution in [2.75, 3.05) is 26.3 Å². The fourth-order valence-electron chi connectivity index (χ4n) is 1.95. The predicted molar refractivity (Wildman–Crippen MR) is 100 cm³/mol. The van der Waals surface area contributed by atoms with E-state index in [1.807, 2.05) is 51.1 Å². The molecular weight excluding hydrogens is 334 g/mol. The van der Waals surface area contributed by atoms with Crippen molar-refractivity contribution in [2.45, 2.75) is 40.2 Å². The van der Waals surface area contributed by atoms with E-state index in [1.165, 1.54) is 4.90 Å². The first-order valence-corrected chi connectivity index (χ1v) is 8.72. The number of para-hydroxylation sites is 1. The summed E-state index contributed by atoms with van der Waals surface area (Å²) < 4.78 is 16.0. The molecule has 1 aromatic carbocycles. The summed E-state index contributed by atoms with van der Waals surface area (Å²) in [4.78, 5) is 25.6. The van der Waals surface area contributed by atoms with E-state index in [4.69, 9.17) is 14.2 Å². The predicted octanol–water partition coefficient (Wildman–Crippen LogP) is 3.81. The third kappa shape index (κ3) is 8.55. The zero-order valence-electron chi connectivity index (χ0n) is 16.3. The molecule has 0 heterocycles. The first kappa shape index (κ1) is 21.5. The molecule has 6 nitrogen and oxygen atoms in total. The first-order chi connectivity index (χ1) is 12.2. The van der Waals surface area contributed by atoms with Crippen LogP contribution in [0.15, 0.2) is 42.0 Å². The summed E-state index contributed by atoms with van der Waals surface area (Å²) in [5, 5.41) is 0. The maximum absolute atomic E-state index is 12.4. The van der Waals surface area contributed by atoms with Gasteiger partial charge in [-0.05, 0) is 46.8 Å². The van der Waals surface area contributed by atoms with Crippen molar-refractivity contribution < 1.29 is 23.8 Å². The molecule has 0 N–H and O–H groups in total. The highest BCUT2D eigenvalue weighted by Crippen LogP contribution is 2.12. The second-order valence-electron chi connectivity index (χ2n) is 6.70. The van der Waals surface area contributed by atoms with Crippen LogP contribution in [0, 0.1) is 0 Å². The lowest BCUT2D eigenvalue weighted by Gasteiger charge is -2.26. The van der Waals surface area contributed by atoms with Crippen LogP contribution in [0.25, 0.3) is 0 Å². The fraction of sp³-hybridized carbons (Fsp3) is 0.500. The van der Waals surface area contributed by atoms with E-state index in [0.717, 1.165) is 5.75 Å². The maximum atomic E-state index is 12.4. The molecule has 144 valence electrons. The van der Waals surface area contributed by atoms with E-state index in [2.05, 4.69) is 0 Å². The van der Waals surface area contributed by atoms with Gasteiger partial charge in [0.2, 0.25) is 0 Å². The van der Waals surface area contributed by atoms with E-state index in [-0.39, 0.29) is 6.54 Å². The molecule has 26 heavy (non-hydrogen) atoms. The van der Waals surface area contributed by atoms with Gasteiger partial charge in [-0.3, -0.25) is 0 Å². The topological polar surface area (TPSA) is 65.1 Å². The van der Waals surface area contributed by atoms with Crippen LogP contribution in [-0.4, -0.2) is 48.9 Å². The first-order valence-electron chi connectivity index (χ1n) is 8.72. The second-order valence-corrected chi connectivity index (χ2v) is 6.70. The third-order valence-electron chi connectivity index (χ3n) is 3.24. The molecule has 0 atom stereocenters. The van der Waals surface area contributed by atoms with Crippen molar-refractivity contribution in [3.8, 4) is 5.75 Å². The molecule has 0 aliphatic carbocycles. The van der Waals surface area contributed by atoms with Gasteiger partial charge in [0, 0.05) is 12.1 Å². The van der Waals surface area contributed by atoms with Crippen LogP contribution in [0.2, 0.25) is 0 Å². The molecule has 1 amide bonds. The van der Waals surface area contributed by atoms with Gasteiger partial charge in [0.05, 0.1) is 13.2 Å². The second kappa shape index (κ2) is 10.5. The molecular formula is C20H29NO5. The SMILES string of the molecule is CCOC(=O)/C(C)=C/CN(CCOc1ccccc1)C(=O)OC(C)(C)C. The number of hydrogen-bond acceptors (Lipinski definition) is 5. The Hall–Kier alpha value is -2.50. The van der Waals surface area contributed by atoms with Crippen molar-refractivity contribution in [2.24, 2.45) is 0 Å². The lowest BCUT2D eigenvalue weighted by Crippen LogP contribution is -2.39. The van der Waals surface area contributed by atoms with Crippen molar-refractivity contribution in [1.29, 1.82) is 0 Å². The quantitative estimate of drug-likeness (QED) is 0.519. The number of hydrogen-bond donors (Lipinski definition) is 0. The third-order valence-corrected chi connectivity index (χ3v) is 3.24. The van der Waals surface area contributed by atoms with Gasteiger partial charge < -0.3 is 19.1 Å². The highest BCUT2D eigenvalue weighted by molar-refractivity contribution is 5.87. The molecule has 1 rings (SSSR count). The minimum atomic E-state index is -0.602. The van der Waals surface area contributed by atoms with Gasteiger partial charge in [0.1, 0.15) is 18.0 Å². The summed E-state index contributed by atoms with van der Waals surface area (Å²) in [6.07, 6.45) is 1.20. The normalized spacial score (nSPS) is 11.7. The monoisotopic (exact) mass is 363 g/mol. The summed E-state index contributed by atoms with van der Waals surface area (Å²) in [6.45, 7) is 10.0. The lowest BCUT2D eigenvalue weighted by molar-refractivity contribution is -0.138. The van der Waals surface area contributed by atoms with Gasteiger partial charge in [-0.2, -0.15) is 0 Å². The Morgan fingerprint density at radius 3 is 2.38 bits per heavy atom. The zero-order valence-corrected chi connectivity index (χ0v) is 16.3. The Morgan fingerprint density at radius 2 is 1.81 bits per heavy atom. The van der Waals surface area contributed by atoms with Crippen LogP contribution in [-0.2, 0) is 14.3 Å². The molecule has 0 bridgehead atoms. The molecule has 0 aliphatic rings. The van der Waals surface area contributed by atoms with Gasteiger partial charge in [0.15, 0.2) is 0 Å². The molecule has 0 spiro atoms. The molecule has 0 aromatic heterocycles. The molecule has 0 aliphatic heterocycles. The highest BCUT2D eigenvalue weighted by Gasteiger charge is 2.21. The minimum absolute atomic E-state index is 0.234.